The second kappa shape index (κ2) is 9.68. The van der Waals surface area contributed by atoms with Gasteiger partial charge in [0.15, 0.2) is 0 Å². The number of carbonyl (C=O) groups excluding carboxylic acids is 2. The molecule has 0 aromatic heterocycles. The summed E-state index contributed by atoms with van der Waals surface area (Å²) in [5.41, 5.74) is 0.608. The molecule has 0 saturated carbocycles. The lowest BCUT2D eigenvalue weighted by molar-refractivity contribution is -0.115. The zero-order chi connectivity index (χ0) is 18.9. The number of rotatable bonds is 8. The molecule has 26 heavy (non-hydrogen) atoms. The number of phenolic OH excluding ortho intramolecular Hbond substituents is 1. The molecule has 0 atom stereocenters. The maximum atomic E-state index is 12.1. The van der Waals surface area contributed by atoms with Crippen LogP contribution in [0.5, 0.6) is 11.5 Å². The zero-order valence-corrected chi connectivity index (χ0v) is 15.2. The highest BCUT2D eigenvalue weighted by Gasteiger charge is 2.10. The molecule has 7 heteroatoms. The van der Waals surface area contributed by atoms with Crippen LogP contribution in [-0.4, -0.2) is 30.1 Å². The number of unbranched alkanes of at least 4 members (excludes halogenated alkanes) is 1. The van der Waals surface area contributed by atoms with Crippen LogP contribution in [0.3, 0.4) is 0 Å². The summed E-state index contributed by atoms with van der Waals surface area (Å²) in [7, 11) is 0. The number of halogens is 1. The number of ether oxygens (including phenoxy) is 1. The number of phenols is 1. The third-order valence-electron chi connectivity index (χ3n) is 3.53. The van der Waals surface area contributed by atoms with Crippen molar-refractivity contribution in [2.24, 2.45) is 0 Å². The van der Waals surface area contributed by atoms with Gasteiger partial charge in [-0.25, -0.2) is 0 Å². The predicted octanol–water partition coefficient (Wildman–Crippen LogP) is 3.59. The third kappa shape index (κ3) is 5.97. The molecule has 0 aliphatic rings. The monoisotopic (exact) mass is 376 g/mol. The fourth-order valence-electron chi connectivity index (χ4n) is 2.10. The second-order valence-corrected chi connectivity index (χ2v) is 6.06. The molecule has 2 aromatic carbocycles. The molecule has 0 radical (unpaired) electrons. The quantitative estimate of drug-likeness (QED) is 0.485. The Morgan fingerprint density at radius 1 is 1.15 bits per heavy atom. The molecule has 0 fully saturated rings. The lowest BCUT2D eigenvalue weighted by Crippen LogP contribution is -2.32. The average Bonchev–Trinajstić information content (AvgIpc) is 2.63. The van der Waals surface area contributed by atoms with Gasteiger partial charge in [-0.3, -0.25) is 9.59 Å². The molecule has 0 aliphatic carbocycles. The van der Waals surface area contributed by atoms with Crippen molar-refractivity contribution in [3.63, 3.8) is 0 Å². The Balaban J connectivity index is 1.83. The zero-order valence-electron chi connectivity index (χ0n) is 14.4. The average molecular weight is 377 g/mol. The van der Waals surface area contributed by atoms with Crippen LogP contribution in [0, 0.1) is 0 Å². The summed E-state index contributed by atoms with van der Waals surface area (Å²) in [6.07, 6.45) is 2.02. The van der Waals surface area contributed by atoms with E-state index in [1.807, 2.05) is 0 Å². The normalized spacial score (nSPS) is 10.2. The molecule has 0 heterocycles. The summed E-state index contributed by atoms with van der Waals surface area (Å²) in [6, 6.07) is 11.0. The van der Waals surface area contributed by atoms with E-state index in [-0.39, 0.29) is 23.9 Å². The van der Waals surface area contributed by atoms with Crippen molar-refractivity contribution >= 4 is 29.1 Å². The van der Waals surface area contributed by atoms with E-state index in [2.05, 4.69) is 17.6 Å². The van der Waals surface area contributed by atoms with Gasteiger partial charge in [-0.15, -0.1) is 0 Å². The second-order valence-electron chi connectivity index (χ2n) is 5.62. The Kier molecular flexibility index (Phi) is 7.29. The minimum atomic E-state index is -0.476. The van der Waals surface area contributed by atoms with Crippen LogP contribution in [0.2, 0.25) is 5.02 Å². The Bertz CT molecular complexity index is 763. The molecular formula is C19H21ClN2O4. The highest BCUT2D eigenvalue weighted by Crippen LogP contribution is 2.26. The summed E-state index contributed by atoms with van der Waals surface area (Å²) in [6.45, 7) is 2.48. The van der Waals surface area contributed by atoms with Crippen molar-refractivity contribution in [1.29, 1.82) is 0 Å². The first-order valence-electron chi connectivity index (χ1n) is 8.29. The van der Waals surface area contributed by atoms with Crippen LogP contribution in [0.15, 0.2) is 42.5 Å². The standard InChI is InChI=1S/C19H21ClN2O4/c1-2-3-10-26-15-7-4-13(5-8-15)19(25)21-12-18(24)22-16-11-14(20)6-9-17(16)23/h4-9,11,23H,2-3,10,12H2,1H3,(H,21,25)(H,22,24). The smallest absolute Gasteiger partial charge is 0.251 e. The van der Waals surface area contributed by atoms with E-state index >= 15 is 0 Å². The minimum absolute atomic E-state index is 0.104. The van der Waals surface area contributed by atoms with Gasteiger partial charge in [0.2, 0.25) is 5.91 Å². The highest BCUT2D eigenvalue weighted by molar-refractivity contribution is 6.31. The summed E-state index contributed by atoms with van der Waals surface area (Å²) in [5.74, 6) is -0.261. The predicted molar refractivity (Wildman–Crippen MR) is 101 cm³/mol. The lowest BCUT2D eigenvalue weighted by Gasteiger charge is -2.09. The van der Waals surface area contributed by atoms with Crippen molar-refractivity contribution in [2.45, 2.75) is 19.8 Å². The van der Waals surface area contributed by atoms with Crippen LogP contribution in [0.4, 0.5) is 5.69 Å². The van der Waals surface area contributed by atoms with Crippen molar-refractivity contribution in [2.75, 3.05) is 18.5 Å². The Labute approximate surface area is 157 Å². The SMILES string of the molecule is CCCCOc1ccc(C(=O)NCC(=O)Nc2cc(Cl)ccc2O)cc1. The Hall–Kier alpha value is -2.73. The molecule has 0 spiro atoms. The van der Waals surface area contributed by atoms with Gasteiger partial charge in [0.25, 0.3) is 5.91 Å². The van der Waals surface area contributed by atoms with E-state index in [1.54, 1.807) is 24.3 Å². The first-order valence-corrected chi connectivity index (χ1v) is 8.67. The molecule has 2 rings (SSSR count). The number of hydrogen-bond donors (Lipinski definition) is 3. The fourth-order valence-corrected chi connectivity index (χ4v) is 2.27. The van der Waals surface area contributed by atoms with Gasteiger partial charge in [-0.1, -0.05) is 24.9 Å². The number of amides is 2. The molecule has 2 amide bonds. The van der Waals surface area contributed by atoms with E-state index in [4.69, 9.17) is 16.3 Å². The number of nitrogens with one attached hydrogen (secondary N) is 2. The van der Waals surface area contributed by atoms with Gasteiger partial charge >= 0.3 is 0 Å². The van der Waals surface area contributed by atoms with E-state index in [9.17, 15) is 14.7 Å². The van der Waals surface area contributed by atoms with Crippen molar-refractivity contribution in [3.05, 3.63) is 53.1 Å². The van der Waals surface area contributed by atoms with Crippen molar-refractivity contribution in [3.8, 4) is 11.5 Å². The topological polar surface area (TPSA) is 87.7 Å². The molecule has 0 bridgehead atoms. The number of anilines is 1. The minimum Gasteiger partial charge on any atom is -0.506 e. The molecule has 6 nitrogen and oxygen atoms in total. The summed E-state index contributed by atoms with van der Waals surface area (Å²) >= 11 is 5.82. The number of aromatic hydroxyl groups is 1. The largest absolute Gasteiger partial charge is 0.506 e. The summed E-state index contributed by atoms with van der Waals surface area (Å²) in [5, 5.41) is 15.1. The van der Waals surface area contributed by atoms with Gasteiger partial charge in [0, 0.05) is 10.6 Å². The van der Waals surface area contributed by atoms with Crippen LogP contribution >= 0.6 is 11.6 Å². The Morgan fingerprint density at radius 3 is 2.58 bits per heavy atom. The number of hydrogen-bond acceptors (Lipinski definition) is 4. The van der Waals surface area contributed by atoms with E-state index < -0.39 is 5.91 Å². The van der Waals surface area contributed by atoms with Gasteiger partial charge in [-0.2, -0.15) is 0 Å². The molecule has 2 aromatic rings. The molecule has 3 N–H and O–H groups in total. The third-order valence-corrected chi connectivity index (χ3v) is 3.76. The number of carbonyl (C=O) groups is 2. The van der Waals surface area contributed by atoms with Gasteiger partial charge in [0.05, 0.1) is 18.8 Å². The summed E-state index contributed by atoms with van der Waals surface area (Å²) < 4.78 is 5.54. The summed E-state index contributed by atoms with van der Waals surface area (Å²) in [4.78, 5) is 24.0. The molecule has 0 unspecified atom stereocenters. The van der Waals surface area contributed by atoms with E-state index in [1.165, 1.54) is 18.2 Å². The van der Waals surface area contributed by atoms with Crippen molar-refractivity contribution in [1.82, 2.24) is 5.32 Å². The Morgan fingerprint density at radius 2 is 1.88 bits per heavy atom. The molecule has 138 valence electrons. The fraction of sp³-hybridized carbons (Fsp3) is 0.263. The van der Waals surface area contributed by atoms with Crippen molar-refractivity contribution < 1.29 is 19.4 Å². The van der Waals surface area contributed by atoms with Crippen LogP contribution in [-0.2, 0) is 4.79 Å². The van der Waals surface area contributed by atoms with Crippen LogP contribution < -0.4 is 15.4 Å². The molecular weight excluding hydrogens is 356 g/mol. The van der Waals surface area contributed by atoms with E-state index in [0.717, 1.165) is 12.8 Å². The van der Waals surface area contributed by atoms with Gasteiger partial charge in [-0.05, 0) is 48.9 Å². The maximum absolute atomic E-state index is 12.1. The van der Waals surface area contributed by atoms with Gasteiger partial charge < -0.3 is 20.5 Å². The van der Waals surface area contributed by atoms with Crippen LogP contribution in [0.1, 0.15) is 30.1 Å². The first-order chi connectivity index (χ1) is 12.5. The maximum Gasteiger partial charge on any atom is 0.251 e. The first kappa shape index (κ1) is 19.6. The molecule has 0 aliphatic heterocycles. The van der Waals surface area contributed by atoms with Crippen LogP contribution in [0.25, 0.3) is 0 Å². The lowest BCUT2D eigenvalue weighted by atomic mass is 10.2. The van der Waals surface area contributed by atoms with Gasteiger partial charge in [0.1, 0.15) is 11.5 Å². The molecule has 0 saturated heterocycles. The highest BCUT2D eigenvalue weighted by atomic mass is 35.5. The number of benzene rings is 2. The van der Waals surface area contributed by atoms with E-state index in [0.29, 0.717) is 22.9 Å².